The molecule has 10 heteroatoms. The summed E-state index contributed by atoms with van der Waals surface area (Å²) in [4.78, 5) is 55.9. The number of nitrogens with one attached hydrogen (secondary N) is 3. The number of carbonyl (C=O) groups is 4. The number of aliphatic hydroxyl groups is 1. The van der Waals surface area contributed by atoms with Crippen molar-refractivity contribution in [2.24, 2.45) is 5.73 Å². The quantitative estimate of drug-likeness (QED) is 0.166. The molecule has 0 saturated heterocycles. The van der Waals surface area contributed by atoms with Crippen LogP contribution in [-0.2, 0) is 22.4 Å². The Hall–Kier alpha value is -5.09. The first-order chi connectivity index (χ1) is 21.4. The van der Waals surface area contributed by atoms with E-state index in [9.17, 15) is 24.3 Å². The van der Waals surface area contributed by atoms with Gasteiger partial charge in [-0.05, 0) is 55.8 Å². The van der Waals surface area contributed by atoms with Crippen molar-refractivity contribution >= 4 is 34.4 Å². The van der Waals surface area contributed by atoms with Gasteiger partial charge in [0.1, 0.15) is 11.7 Å². The van der Waals surface area contributed by atoms with Crippen LogP contribution in [-0.4, -0.2) is 57.4 Å². The van der Waals surface area contributed by atoms with E-state index in [0.29, 0.717) is 11.1 Å². The van der Waals surface area contributed by atoms with Crippen LogP contribution in [0.3, 0.4) is 0 Å². The lowest BCUT2D eigenvalue weighted by atomic mass is 9.93. The Labute approximate surface area is 262 Å². The highest BCUT2D eigenvalue weighted by molar-refractivity contribution is 6.00. The van der Waals surface area contributed by atoms with E-state index in [1.54, 1.807) is 36.5 Å². The summed E-state index contributed by atoms with van der Waals surface area (Å²) in [5.41, 5.74) is 6.92. The predicted molar refractivity (Wildman–Crippen MR) is 172 cm³/mol. The number of fused-ring (bicyclic) bond motifs is 1. The summed E-state index contributed by atoms with van der Waals surface area (Å²) in [7, 11) is 0. The Balaban J connectivity index is 1.56. The van der Waals surface area contributed by atoms with Gasteiger partial charge in [0.2, 0.25) is 11.8 Å². The van der Waals surface area contributed by atoms with Gasteiger partial charge in [-0.25, -0.2) is 0 Å². The Bertz CT molecular complexity index is 1670. The van der Waals surface area contributed by atoms with E-state index in [4.69, 9.17) is 5.73 Å². The van der Waals surface area contributed by atoms with Gasteiger partial charge in [-0.3, -0.25) is 24.2 Å². The summed E-state index contributed by atoms with van der Waals surface area (Å²) in [5, 5.41) is 21.5. The lowest BCUT2D eigenvalue weighted by molar-refractivity contribution is -0.128. The van der Waals surface area contributed by atoms with Crippen molar-refractivity contribution in [1.29, 1.82) is 0 Å². The minimum absolute atomic E-state index is 0.0549. The molecule has 10 nitrogen and oxygen atoms in total. The number of aromatic nitrogens is 1. The molecular weight excluding hydrogens is 570 g/mol. The number of rotatable bonds is 12. The van der Waals surface area contributed by atoms with Crippen molar-refractivity contribution in [1.82, 2.24) is 20.9 Å². The molecule has 4 rings (SSSR count). The smallest absolute Gasteiger partial charge is 0.270 e. The molecule has 0 spiro atoms. The molecule has 45 heavy (non-hydrogen) atoms. The average Bonchev–Trinajstić information content (AvgIpc) is 2.99. The van der Waals surface area contributed by atoms with Gasteiger partial charge < -0.3 is 26.8 Å². The monoisotopic (exact) mass is 609 g/mol. The number of pyridine rings is 1. The topological polar surface area (TPSA) is 164 Å². The van der Waals surface area contributed by atoms with Gasteiger partial charge in [-0.2, -0.15) is 0 Å². The summed E-state index contributed by atoms with van der Waals surface area (Å²) in [6.07, 6.45) is 0.256. The maximum atomic E-state index is 13.6. The Kier molecular flexibility index (Phi) is 10.6. The molecule has 0 fully saturated rings. The number of benzene rings is 3. The summed E-state index contributed by atoms with van der Waals surface area (Å²) in [5.74, 6) is -2.41. The molecule has 1 aromatic heterocycles. The molecule has 3 aromatic carbocycles. The van der Waals surface area contributed by atoms with Crippen LogP contribution in [0.25, 0.3) is 10.8 Å². The Morgan fingerprint density at radius 1 is 0.822 bits per heavy atom. The van der Waals surface area contributed by atoms with Crippen LogP contribution in [0, 0.1) is 0 Å². The van der Waals surface area contributed by atoms with E-state index < -0.39 is 47.9 Å². The van der Waals surface area contributed by atoms with E-state index in [0.717, 1.165) is 16.3 Å². The minimum Gasteiger partial charge on any atom is -0.391 e. The van der Waals surface area contributed by atoms with Gasteiger partial charge in [0.25, 0.3) is 11.8 Å². The Morgan fingerprint density at radius 2 is 1.47 bits per heavy atom. The molecule has 4 aromatic rings. The van der Waals surface area contributed by atoms with Crippen molar-refractivity contribution < 1.29 is 24.3 Å². The molecule has 6 N–H and O–H groups in total. The molecule has 3 atom stereocenters. The molecule has 0 bridgehead atoms. The van der Waals surface area contributed by atoms with Gasteiger partial charge in [0.05, 0.1) is 18.6 Å². The molecule has 0 aliphatic carbocycles. The molecule has 4 amide bonds. The number of nitrogens with zero attached hydrogens (tertiary/aromatic N) is 1. The molecule has 0 saturated carbocycles. The zero-order chi connectivity index (χ0) is 32.6. The molecule has 0 unspecified atom stereocenters. The highest BCUT2D eigenvalue weighted by atomic mass is 16.3. The molecule has 0 radical (unpaired) electrons. The molecule has 0 aliphatic rings. The number of nitrogens with two attached hydrogens (primary N) is 1. The van der Waals surface area contributed by atoms with Gasteiger partial charge in [-0.15, -0.1) is 0 Å². The predicted octanol–water partition coefficient (Wildman–Crippen LogP) is 3.07. The summed E-state index contributed by atoms with van der Waals surface area (Å²) >= 11 is 0. The second kappa shape index (κ2) is 14.6. The van der Waals surface area contributed by atoms with Gasteiger partial charge in [0.15, 0.2) is 0 Å². The fourth-order valence-corrected chi connectivity index (χ4v) is 4.98. The molecular formula is C35H39N5O5. The van der Waals surface area contributed by atoms with Crippen LogP contribution in [0.1, 0.15) is 59.2 Å². The lowest BCUT2D eigenvalue weighted by Crippen LogP contribution is -2.54. The number of amides is 4. The third-order valence-corrected chi connectivity index (χ3v) is 7.16. The average molecular weight is 610 g/mol. The molecule has 1 heterocycles. The van der Waals surface area contributed by atoms with Gasteiger partial charge in [-0.1, -0.05) is 72.8 Å². The van der Waals surface area contributed by atoms with Crippen molar-refractivity contribution in [2.45, 2.75) is 63.8 Å². The maximum Gasteiger partial charge on any atom is 0.270 e. The van der Waals surface area contributed by atoms with Gasteiger partial charge >= 0.3 is 0 Å². The summed E-state index contributed by atoms with van der Waals surface area (Å²) in [6.45, 7) is 5.64. The third kappa shape index (κ3) is 9.45. The first-order valence-corrected chi connectivity index (χ1v) is 14.8. The van der Waals surface area contributed by atoms with E-state index in [2.05, 4.69) is 20.9 Å². The van der Waals surface area contributed by atoms with Crippen molar-refractivity contribution in [2.75, 3.05) is 0 Å². The normalized spacial score (nSPS) is 13.3. The van der Waals surface area contributed by atoms with Crippen LogP contribution in [0.15, 0.2) is 91.1 Å². The van der Waals surface area contributed by atoms with Gasteiger partial charge in [0, 0.05) is 29.1 Å². The fraction of sp³-hybridized carbons (Fsp3) is 0.286. The number of hydrogen-bond donors (Lipinski definition) is 5. The standard InChI is InChI=1S/C35H39N5O5/c1-35(2,3)40-32(43)26-16-10-9-14-24(26)19-30(41)27(17-22-11-5-4-6-12-22)38-34(45)29(20-31(36)42)39-33(44)28-18-23-13-7-8-15-25(23)21-37-28/h4-16,18,21,27,29-30,41H,17,19-20H2,1-3H3,(H2,36,42)(H,38,45)(H,39,44)(H,40,43)/t27-,29-,30+/m0/s1. The van der Waals surface area contributed by atoms with Crippen LogP contribution < -0.4 is 21.7 Å². The molecule has 0 aliphatic heterocycles. The SMILES string of the molecule is CC(C)(C)NC(=O)c1ccccc1C[C@@H](O)[C@H](Cc1ccccc1)NC(=O)[C@H](CC(N)=O)NC(=O)c1cc2ccccc2cn1. The zero-order valence-corrected chi connectivity index (χ0v) is 25.6. The zero-order valence-electron chi connectivity index (χ0n) is 25.6. The largest absolute Gasteiger partial charge is 0.391 e. The van der Waals surface area contributed by atoms with Crippen LogP contribution in [0.5, 0.6) is 0 Å². The van der Waals surface area contributed by atoms with Crippen molar-refractivity contribution in [3.05, 3.63) is 114 Å². The van der Waals surface area contributed by atoms with Crippen LogP contribution >= 0.6 is 0 Å². The highest BCUT2D eigenvalue weighted by Crippen LogP contribution is 2.17. The minimum atomic E-state index is -1.32. The fourth-order valence-electron chi connectivity index (χ4n) is 4.98. The second-order valence-corrected chi connectivity index (χ2v) is 12.1. The second-order valence-electron chi connectivity index (χ2n) is 12.1. The summed E-state index contributed by atoms with van der Waals surface area (Å²) < 4.78 is 0. The Morgan fingerprint density at radius 3 is 2.16 bits per heavy atom. The third-order valence-electron chi connectivity index (χ3n) is 7.16. The maximum absolute atomic E-state index is 13.6. The lowest BCUT2D eigenvalue weighted by Gasteiger charge is -2.28. The summed E-state index contributed by atoms with van der Waals surface area (Å²) in [6, 6.07) is 23.1. The first kappa shape index (κ1) is 32.8. The highest BCUT2D eigenvalue weighted by Gasteiger charge is 2.30. The van der Waals surface area contributed by atoms with Crippen LogP contribution in [0.2, 0.25) is 0 Å². The van der Waals surface area contributed by atoms with E-state index >= 15 is 0 Å². The van der Waals surface area contributed by atoms with E-state index in [1.165, 1.54) is 0 Å². The number of hydrogen-bond acceptors (Lipinski definition) is 6. The van der Waals surface area contributed by atoms with E-state index in [-0.39, 0.29) is 24.4 Å². The van der Waals surface area contributed by atoms with Crippen molar-refractivity contribution in [3.8, 4) is 0 Å². The van der Waals surface area contributed by atoms with E-state index in [1.807, 2.05) is 75.4 Å². The number of aliphatic hydroxyl groups excluding tert-OH is 1. The van der Waals surface area contributed by atoms with Crippen molar-refractivity contribution in [3.63, 3.8) is 0 Å². The molecule has 234 valence electrons. The van der Waals surface area contributed by atoms with Crippen LogP contribution in [0.4, 0.5) is 0 Å². The number of carbonyl (C=O) groups excluding carboxylic acids is 4. The number of primary amides is 1. The first-order valence-electron chi connectivity index (χ1n) is 14.8.